The first-order chi connectivity index (χ1) is 8.63. The molecule has 0 aromatic carbocycles. The SMILES string of the molecule is Cc1ccc2[nH]c(=S)n(Cc3ccc(Cl)s3)c2n1. The summed E-state index contributed by atoms with van der Waals surface area (Å²) in [4.78, 5) is 8.87. The fourth-order valence-electron chi connectivity index (χ4n) is 1.86. The van der Waals surface area contributed by atoms with Gasteiger partial charge in [0.25, 0.3) is 0 Å². The van der Waals surface area contributed by atoms with Crippen LogP contribution in [0.5, 0.6) is 0 Å². The Kier molecular flexibility index (Phi) is 2.97. The van der Waals surface area contributed by atoms with Gasteiger partial charge in [0.15, 0.2) is 10.4 Å². The van der Waals surface area contributed by atoms with Crippen LogP contribution in [0, 0.1) is 11.7 Å². The van der Waals surface area contributed by atoms with Crippen molar-refractivity contribution in [2.75, 3.05) is 0 Å². The zero-order chi connectivity index (χ0) is 12.7. The Morgan fingerprint density at radius 1 is 1.39 bits per heavy atom. The van der Waals surface area contributed by atoms with Crippen molar-refractivity contribution in [3.63, 3.8) is 0 Å². The highest BCUT2D eigenvalue weighted by molar-refractivity contribution is 7.71. The molecule has 0 spiro atoms. The highest BCUT2D eigenvalue weighted by atomic mass is 35.5. The second-order valence-electron chi connectivity index (χ2n) is 4.05. The molecule has 3 aromatic heterocycles. The molecular weight excluding hydrogens is 286 g/mol. The molecule has 3 rings (SSSR count). The lowest BCUT2D eigenvalue weighted by molar-refractivity contribution is 0.811. The molecule has 0 bridgehead atoms. The molecule has 18 heavy (non-hydrogen) atoms. The van der Waals surface area contributed by atoms with Crippen LogP contribution in [0.25, 0.3) is 11.2 Å². The van der Waals surface area contributed by atoms with Crippen molar-refractivity contribution in [1.82, 2.24) is 14.5 Å². The third-order valence-electron chi connectivity index (χ3n) is 2.70. The predicted molar refractivity (Wildman–Crippen MR) is 78.1 cm³/mol. The van der Waals surface area contributed by atoms with E-state index in [1.54, 1.807) is 11.3 Å². The first-order valence-electron chi connectivity index (χ1n) is 5.44. The number of fused-ring (bicyclic) bond motifs is 1. The van der Waals surface area contributed by atoms with E-state index in [9.17, 15) is 0 Å². The maximum absolute atomic E-state index is 5.94. The number of aromatic amines is 1. The van der Waals surface area contributed by atoms with Crippen LogP contribution < -0.4 is 0 Å². The molecule has 3 heterocycles. The third kappa shape index (κ3) is 2.09. The Labute approximate surface area is 118 Å². The molecule has 0 aliphatic rings. The lowest BCUT2D eigenvalue weighted by atomic mass is 10.3. The summed E-state index contributed by atoms with van der Waals surface area (Å²) < 4.78 is 3.48. The molecule has 0 radical (unpaired) electrons. The lowest BCUT2D eigenvalue weighted by Crippen LogP contribution is -1.99. The summed E-state index contributed by atoms with van der Waals surface area (Å²) in [5.74, 6) is 0. The molecular formula is C12H10ClN3S2. The zero-order valence-corrected chi connectivity index (χ0v) is 12.0. The summed E-state index contributed by atoms with van der Waals surface area (Å²) in [6.45, 7) is 2.68. The minimum absolute atomic E-state index is 0.688. The van der Waals surface area contributed by atoms with E-state index in [1.165, 1.54) is 4.88 Å². The minimum atomic E-state index is 0.688. The number of hydrogen-bond donors (Lipinski definition) is 1. The van der Waals surface area contributed by atoms with Crippen molar-refractivity contribution in [3.05, 3.63) is 43.9 Å². The Morgan fingerprint density at radius 2 is 2.22 bits per heavy atom. The molecule has 92 valence electrons. The van der Waals surface area contributed by atoms with Gasteiger partial charge in [0.2, 0.25) is 0 Å². The van der Waals surface area contributed by atoms with Crippen LogP contribution in [0.2, 0.25) is 4.34 Å². The normalized spacial score (nSPS) is 11.2. The second kappa shape index (κ2) is 4.50. The molecule has 0 amide bonds. The summed E-state index contributed by atoms with van der Waals surface area (Å²) in [6, 6.07) is 7.90. The van der Waals surface area contributed by atoms with Crippen LogP contribution in [0.4, 0.5) is 0 Å². The van der Waals surface area contributed by atoms with Crippen LogP contribution in [0.15, 0.2) is 24.3 Å². The second-order valence-corrected chi connectivity index (χ2v) is 6.23. The molecule has 1 N–H and O–H groups in total. The Bertz CT molecular complexity index is 769. The summed E-state index contributed by atoms with van der Waals surface area (Å²) in [7, 11) is 0. The Hall–Kier alpha value is -1.17. The number of H-pyrrole nitrogens is 1. The van der Waals surface area contributed by atoms with Gasteiger partial charge in [-0.3, -0.25) is 4.57 Å². The molecule has 0 aliphatic heterocycles. The summed E-state index contributed by atoms with van der Waals surface area (Å²) >= 11 is 12.8. The molecule has 0 fully saturated rings. The molecule has 0 aliphatic carbocycles. The molecule has 0 saturated carbocycles. The highest BCUT2D eigenvalue weighted by Gasteiger charge is 2.08. The summed E-state index contributed by atoms with van der Waals surface area (Å²) in [5.41, 5.74) is 2.84. The predicted octanol–water partition coefficient (Wildman–Crippen LogP) is 4.17. The van der Waals surface area contributed by atoms with Gasteiger partial charge < -0.3 is 4.98 Å². The van der Waals surface area contributed by atoms with Crippen molar-refractivity contribution in [3.8, 4) is 0 Å². The van der Waals surface area contributed by atoms with E-state index >= 15 is 0 Å². The Morgan fingerprint density at radius 3 is 2.94 bits per heavy atom. The smallest absolute Gasteiger partial charge is 0.179 e. The average Bonchev–Trinajstić information content (AvgIpc) is 2.86. The van der Waals surface area contributed by atoms with Gasteiger partial charge in [-0.2, -0.15) is 0 Å². The van der Waals surface area contributed by atoms with Gasteiger partial charge >= 0.3 is 0 Å². The number of hydrogen-bond acceptors (Lipinski definition) is 3. The summed E-state index contributed by atoms with van der Waals surface area (Å²) in [5, 5.41) is 0. The molecule has 0 saturated heterocycles. The fraction of sp³-hybridized carbons (Fsp3) is 0.167. The third-order valence-corrected chi connectivity index (χ3v) is 4.24. The van der Waals surface area contributed by atoms with Crippen LogP contribution >= 0.6 is 35.2 Å². The van der Waals surface area contributed by atoms with E-state index in [1.807, 2.05) is 35.8 Å². The number of rotatable bonds is 2. The lowest BCUT2D eigenvalue weighted by Gasteiger charge is -2.01. The summed E-state index contributed by atoms with van der Waals surface area (Å²) in [6.07, 6.45) is 0. The van der Waals surface area contributed by atoms with Crippen molar-refractivity contribution in [2.24, 2.45) is 0 Å². The number of pyridine rings is 1. The topological polar surface area (TPSA) is 33.6 Å². The molecule has 0 atom stereocenters. The van der Waals surface area contributed by atoms with Gasteiger partial charge in [0.05, 0.1) is 16.4 Å². The van der Waals surface area contributed by atoms with Gasteiger partial charge in [0, 0.05) is 10.6 Å². The molecule has 6 heteroatoms. The zero-order valence-electron chi connectivity index (χ0n) is 9.61. The number of thiophene rings is 1. The van der Waals surface area contributed by atoms with E-state index in [-0.39, 0.29) is 0 Å². The molecule has 0 unspecified atom stereocenters. The van der Waals surface area contributed by atoms with Gasteiger partial charge in [-0.25, -0.2) is 4.98 Å². The van der Waals surface area contributed by atoms with Crippen LogP contribution in [0.1, 0.15) is 10.6 Å². The van der Waals surface area contributed by atoms with Crippen LogP contribution in [-0.4, -0.2) is 14.5 Å². The number of aromatic nitrogens is 3. The number of aryl methyl sites for hydroxylation is 1. The van der Waals surface area contributed by atoms with Crippen molar-refractivity contribution >= 4 is 46.3 Å². The number of nitrogens with one attached hydrogen (secondary N) is 1. The van der Waals surface area contributed by atoms with Gasteiger partial charge in [0.1, 0.15) is 0 Å². The largest absolute Gasteiger partial charge is 0.329 e. The van der Waals surface area contributed by atoms with E-state index < -0.39 is 0 Å². The molecule has 3 aromatic rings. The van der Waals surface area contributed by atoms with Crippen molar-refractivity contribution < 1.29 is 0 Å². The van der Waals surface area contributed by atoms with Gasteiger partial charge in [-0.05, 0) is 43.4 Å². The van der Waals surface area contributed by atoms with E-state index in [4.69, 9.17) is 23.8 Å². The first kappa shape index (κ1) is 11.9. The maximum atomic E-state index is 5.94. The maximum Gasteiger partial charge on any atom is 0.179 e. The van der Waals surface area contributed by atoms with Crippen molar-refractivity contribution in [2.45, 2.75) is 13.5 Å². The average molecular weight is 296 g/mol. The quantitative estimate of drug-likeness (QED) is 0.720. The highest BCUT2D eigenvalue weighted by Crippen LogP contribution is 2.23. The fourth-order valence-corrected chi connectivity index (χ4v) is 3.20. The van der Waals surface area contributed by atoms with E-state index in [2.05, 4.69) is 9.97 Å². The van der Waals surface area contributed by atoms with Gasteiger partial charge in [-0.15, -0.1) is 11.3 Å². The van der Waals surface area contributed by atoms with E-state index in [0.717, 1.165) is 21.2 Å². The monoisotopic (exact) mass is 295 g/mol. The first-order valence-corrected chi connectivity index (χ1v) is 7.04. The number of nitrogens with zero attached hydrogens (tertiary/aromatic N) is 2. The van der Waals surface area contributed by atoms with Gasteiger partial charge in [-0.1, -0.05) is 11.6 Å². The van der Waals surface area contributed by atoms with Crippen molar-refractivity contribution in [1.29, 1.82) is 0 Å². The van der Waals surface area contributed by atoms with Crippen LogP contribution in [0.3, 0.4) is 0 Å². The van der Waals surface area contributed by atoms with E-state index in [0.29, 0.717) is 11.3 Å². The molecule has 3 nitrogen and oxygen atoms in total. The Balaban J connectivity index is 2.13. The number of halogens is 1. The van der Waals surface area contributed by atoms with Crippen LogP contribution in [-0.2, 0) is 6.54 Å². The minimum Gasteiger partial charge on any atom is -0.329 e. The number of imidazole rings is 1. The standard InChI is InChI=1S/C12H10ClN3S2/c1-7-2-4-9-11(14-7)16(12(17)15-9)6-8-3-5-10(13)18-8/h2-5H,6H2,1H3,(H,15,17).